The van der Waals surface area contributed by atoms with Gasteiger partial charge in [-0.15, -0.1) is 0 Å². The molecule has 0 unspecified atom stereocenters. The average molecular weight is 302 g/mol. The summed E-state index contributed by atoms with van der Waals surface area (Å²) in [5.74, 6) is 0.135. The molecule has 0 saturated carbocycles. The van der Waals surface area contributed by atoms with E-state index in [1.54, 1.807) is 37.4 Å². The maximum absolute atomic E-state index is 12.1. The lowest BCUT2D eigenvalue weighted by atomic mass is 10.3. The van der Waals surface area contributed by atoms with E-state index in [9.17, 15) is 9.59 Å². The van der Waals surface area contributed by atoms with E-state index in [0.29, 0.717) is 18.0 Å². The van der Waals surface area contributed by atoms with Gasteiger partial charge in [0.2, 0.25) is 5.91 Å². The summed E-state index contributed by atoms with van der Waals surface area (Å²) in [6.45, 7) is 2.29. The van der Waals surface area contributed by atoms with Crippen molar-refractivity contribution in [2.75, 3.05) is 25.5 Å². The highest BCUT2D eigenvalue weighted by molar-refractivity contribution is 5.98. The molecule has 2 amide bonds. The van der Waals surface area contributed by atoms with Crippen molar-refractivity contribution in [2.45, 2.75) is 6.92 Å². The van der Waals surface area contributed by atoms with Crippen molar-refractivity contribution in [2.24, 2.45) is 0 Å². The van der Waals surface area contributed by atoms with Gasteiger partial charge in [-0.05, 0) is 31.2 Å². The van der Waals surface area contributed by atoms with E-state index in [0.717, 1.165) is 0 Å². The fourth-order valence-corrected chi connectivity index (χ4v) is 1.92. The maximum atomic E-state index is 12.1. The van der Waals surface area contributed by atoms with Crippen LogP contribution in [0.4, 0.5) is 5.69 Å². The first kappa shape index (κ1) is 15.6. The van der Waals surface area contributed by atoms with Crippen LogP contribution in [0.15, 0.2) is 47.1 Å². The second-order valence-corrected chi connectivity index (χ2v) is 4.62. The van der Waals surface area contributed by atoms with Crippen molar-refractivity contribution in [1.29, 1.82) is 0 Å². The van der Waals surface area contributed by atoms with Crippen LogP contribution in [0.3, 0.4) is 0 Å². The summed E-state index contributed by atoms with van der Waals surface area (Å²) in [5, 5.41) is 2.74. The van der Waals surface area contributed by atoms with E-state index >= 15 is 0 Å². The van der Waals surface area contributed by atoms with Gasteiger partial charge in [0.25, 0.3) is 5.91 Å². The molecule has 0 saturated heterocycles. The van der Waals surface area contributed by atoms with Crippen molar-refractivity contribution in [1.82, 2.24) is 4.90 Å². The van der Waals surface area contributed by atoms with Gasteiger partial charge in [-0.2, -0.15) is 0 Å². The Kier molecular flexibility index (Phi) is 5.19. The lowest BCUT2D eigenvalue weighted by Gasteiger charge is -2.16. The lowest BCUT2D eigenvalue weighted by molar-refractivity contribution is -0.116. The first-order valence-corrected chi connectivity index (χ1v) is 6.92. The van der Waals surface area contributed by atoms with E-state index in [1.807, 2.05) is 13.0 Å². The van der Waals surface area contributed by atoms with Crippen molar-refractivity contribution in [3.8, 4) is 5.75 Å². The topological polar surface area (TPSA) is 71.8 Å². The molecular weight excluding hydrogens is 284 g/mol. The number of carbonyl (C=O) groups excluding carboxylic acids is 2. The van der Waals surface area contributed by atoms with Crippen LogP contribution in [0.1, 0.15) is 17.5 Å². The third-order valence-electron chi connectivity index (χ3n) is 2.92. The number of likely N-dealkylation sites (N-methyl/N-ethyl adjacent to an activating group) is 1. The van der Waals surface area contributed by atoms with Crippen LogP contribution in [0.5, 0.6) is 5.75 Å². The minimum Gasteiger partial charge on any atom is -0.492 e. The van der Waals surface area contributed by atoms with Gasteiger partial charge in [0.15, 0.2) is 5.76 Å². The predicted molar refractivity (Wildman–Crippen MR) is 81.9 cm³/mol. The smallest absolute Gasteiger partial charge is 0.289 e. The molecule has 1 aromatic carbocycles. The SMILES string of the molecule is CCOc1ccccc1NC(=O)CN(C)C(=O)c1ccco1. The summed E-state index contributed by atoms with van der Waals surface area (Å²) in [6.07, 6.45) is 1.42. The number of para-hydroxylation sites is 2. The molecule has 0 aliphatic rings. The maximum Gasteiger partial charge on any atom is 0.289 e. The van der Waals surface area contributed by atoms with Gasteiger partial charge < -0.3 is 19.4 Å². The number of ether oxygens (including phenoxy) is 1. The molecule has 6 heteroatoms. The van der Waals surface area contributed by atoms with Gasteiger partial charge in [-0.1, -0.05) is 12.1 Å². The highest BCUT2D eigenvalue weighted by Crippen LogP contribution is 2.23. The highest BCUT2D eigenvalue weighted by atomic mass is 16.5. The Morgan fingerprint density at radius 3 is 2.68 bits per heavy atom. The summed E-state index contributed by atoms with van der Waals surface area (Å²) in [5.41, 5.74) is 0.577. The Morgan fingerprint density at radius 1 is 1.23 bits per heavy atom. The van der Waals surface area contributed by atoms with Crippen molar-refractivity contribution in [3.05, 3.63) is 48.4 Å². The fourth-order valence-electron chi connectivity index (χ4n) is 1.92. The quantitative estimate of drug-likeness (QED) is 0.889. The summed E-state index contributed by atoms with van der Waals surface area (Å²) < 4.78 is 10.5. The Morgan fingerprint density at radius 2 is 2.00 bits per heavy atom. The molecule has 0 spiro atoms. The van der Waals surface area contributed by atoms with Crippen molar-refractivity contribution in [3.63, 3.8) is 0 Å². The summed E-state index contributed by atoms with van der Waals surface area (Å²) in [7, 11) is 1.54. The first-order valence-electron chi connectivity index (χ1n) is 6.92. The molecule has 116 valence electrons. The third kappa shape index (κ3) is 3.88. The molecule has 0 fully saturated rings. The van der Waals surface area contributed by atoms with E-state index in [4.69, 9.17) is 9.15 Å². The van der Waals surface area contributed by atoms with Crippen LogP contribution in [0.2, 0.25) is 0 Å². The largest absolute Gasteiger partial charge is 0.492 e. The van der Waals surface area contributed by atoms with Gasteiger partial charge >= 0.3 is 0 Å². The number of carbonyl (C=O) groups is 2. The fraction of sp³-hybridized carbons (Fsp3) is 0.250. The number of benzene rings is 1. The second kappa shape index (κ2) is 7.31. The van der Waals surface area contributed by atoms with Crippen LogP contribution in [0, 0.1) is 0 Å². The van der Waals surface area contributed by atoms with Crippen LogP contribution in [0.25, 0.3) is 0 Å². The molecule has 22 heavy (non-hydrogen) atoms. The number of anilines is 1. The number of nitrogens with zero attached hydrogens (tertiary/aromatic N) is 1. The number of rotatable bonds is 6. The summed E-state index contributed by atoms with van der Waals surface area (Å²) >= 11 is 0. The molecule has 2 rings (SSSR count). The molecular formula is C16H18N2O4. The number of furan rings is 1. The Hall–Kier alpha value is -2.76. The lowest BCUT2D eigenvalue weighted by Crippen LogP contribution is -2.34. The minimum absolute atomic E-state index is 0.0833. The third-order valence-corrected chi connectivity index (χ3v) is 2.92. The Balaban J connectivity index is 1.97. The Bertz CT molecular complexity index is 637. The molecule has 0 aliphatic heterocycles. The molecule has 1 aromatic heterocycles. The summed E-state index contributed by atoms with van der Waals surface area (Å²) in [4.78, 5) is 25.3. The zero-order valence-electron chi connectivity index (χ0n) is 12.5. The van der Waals surface area contributed by atoms with Gasteiger partial charge in [0, 0.05) is 7.05 Å². The van der Waals surface area contributed by atoms with E-state index in [-0.39, 0.29) is 24.1 Å². The minimum atomic E-state index is -0.349. The number of nitrogens with one attached hydrogen (secondary N) is 1. The van der Waals surface area contributed by atoms with Crippen LogP contribution >= 0.6 is 0 Å². The average Bonchev–Trinajstić information content (AvgIpc) is 3.03. The molecule has 1 N–H and O–H groups in total. The predicted octanol–water partition coefficient (Wildman–Crippen LogP) is 2.39. The summed E-state index contributed by atoms with van der Waals surface area (Å²) in [6, 6.07) is 10.3. The zero-order valence-corrected chi connectivity index (χ0v) is 12.5. The highest BCUT2D eigenvalue weighted by Gasteiger charge is 2.17. The van der Waals surface area contributed by atoms with Crippen LogP contribution in [-0.2, 0) is 4.79 Å². The van der Waals surface area contributed by atoms with E-state index < -0.39 is 0 Å². The molecule has 1 heterocycles. The normalized spacial score (nSPS) is 10.1. The van der Waals surface area contributed by atoms with E-state index in [2.05, 4.69) is 5.32 Å². The standard InChI is InChI=1S/C16H18N2O4/c1-3-21-13-8-5-4-7-12(13)17-15(19)11-18(2)16(20)14-9-6-10-22-14/h4-10H,3,11H2,1-2H3,(H,17,19). The monoisotopic (exact) mass is 302 g/mol. The molecule has 2 aromatic rings. The van der Waals surface area contributed by atoms with Crippen LogP contribution < -0.4 is 10.1 Å². The first-order chi connectivity index (χ1) is 10.6. The molecule has 0 radical (unpaired) electrons. The van der Waals surface area contributed by atoms with Gasteiger partial charge in [0.05, 0.1) is 25.1 Å². The van der Waals surface area contributed by atoms with E-state index in [1.165, 1.54) is 11.2 Å². The van der Waals surface area contributed by atoms with Gasteiger partial charge in [0.1, 0.15) is 5.75 Å². The van der Waals surface area contributed by atoms with Crippen molar-refractivity contribution >= 4 is 17.5 Å². The van der Waals surface area contributed by atoms with Gasteiger partial charge in [-0.25, -0.2) is 0 Å². The molecule has 0 aliphatic carbocycles. The van der Waals surface area contributed by atoms with Crippen molar-refractivity contribution < 1.29 is 18.7 Å². The van der Waals surface area contributed by atoms with Crippen LogP contribution in [-0.4, -0.2) is 36.9 Å². The Labute approximate surface area is 128 Å². The molecule has 6 nitrogen and oxygen atoms in total. The number of hydrogen-bond donors (Lipinski definition) is 1. The zero-order chi connectivity index (χ0) is 15.9. The number of hydrogen-bond acceptors (Lipinski definition) is 4. The van der Waals surface area contributed by atoms with Gasteiger partial charge in [-0.3, -0.25) is 9.59 Å². The molecule has 0 bridgehead atoms. The number of amides is 2. The second-order valence-electron chi connectivity index (χ2n) is 4.62. The molecule has 0 atom stereocenters.